The first-order valence-corrected chi connectivity index (χ1v) is 4.70. The average molecular weight is 208 g/mol. The largest absolute Gasteiger partial charge is 0.363 e. The van der Waals surface area contributed by atoms with Crippen molar-refractivity contribution in [1.82, 2.24) is 4.98 Å². The molecule has 0 aliphatic heterocycles. The number of amides is 1. The predicted octanol–water partition coefficient (Wildman–Crippen LogP) is 0.433. The SMILES string of the molecule is C[C@H](N)C(=O)Nc1ccc(N(C)C)nc1. The van der Waals surface area contributed by atoms with Crippen LogP contribution in [0.5, 0.6) is 0 Å². The van der Waals surface area contributed by atoms with Crippen molar-refractivity contribution in [3.8, 4) is 0 Å². The number of aromatic nitrogens is 1. The second-order valence-electron chi connectivity index (χ2n) is 3.58. The predicted molar refractivity (Wildman–Crippen MR) is 60.8 cm³/mol. The number of nitrogens with two attached hydrogens (primary N) is 1. The summed E-state index contributed by atoms with van der Waals surface area (Å²) < 4.78 is 0. The Bertz CT molecular complexity index is 332. The van der Waals surface area contributed by atoms with Gasteiger partial charge in [-0.2, -0.15) is 0 Å². The summed E-state index contributed by atoms with van der Waals surface area (Å²) in [6.07, 6.45) is 1.61. The van der Waals surface area contributed by atoms with Gasteiger partial charge in [0.1, 0.15) is 5.82 Å². The molecule has 3 N–H and O–H groups in total. The highest BCUT2D eigenvalue weighted by Crippen LogP contribution is 2.11. The van der Waals surface area contributed by atoms with E-state index in [2.05, 4.69) is 10.3 Å². The third-order valence-corrected chi connectivity index (χ3v) is 1.89. The fraction of sp³-hybridized carbons (Fsp3) is 0.400. The normalized spacial score (nSPS) is 12.0. The Kier molecular flexibility index (Phi) is 3.62. The van der Waals surface area contributed by atoms with Gasteiger partial charge in [-0.25, -0.2) is 4.98 Å². The summed E-state index contributed by atoms with van der Waals surface area (Å²) in [5.74, 6) is 0.628. The van der Waals surface area contributed by atoms with Crippen molar-refractivity contribution < 1.29 is 4.79 Å². The molecule has 1 amide bonds. The fourth-order valence-electron chi connectivity index (χ4n) is 0.981. The number of anilines is 2. The maximum atomic E-state index is 11.3. The highest BCUT2D eigenvalue weighted by molar-refractivity contribution is 5.94. The zero-order valence-electron chi connectivity index (χ0n) is 9.19. The number of hydrogen-bond acceptors (Lipinski definition) is 4. The molecule has 0 saturated heterocycles. The van der Waals surface area contributed by atoms with Crippen molar-refractivity contribution in [2.24, 2.45) is 5.73 Å². The van der Waals surface area contributed by atoms with Crippen LogP contribution in [-0.4, -0.2) is 31.0 Å². The Labute approximate surface area is 89.3 Å². The van der Waals surface area contributed by atoms with Crippen molar-refractivity contribution in [2.45, 2.75) is 13.0 Å². The lowest BCUT2D eigenvalue weighted by molar-refractivity contribution is -0.117. The van der Waals surface area contributed by atoms with E-state index in [0.29, 0.717) is 5.69 Å². The molecule has 0 spiro atoms. The maximum absolute atomic E-state index is 11.3. The van der Waals surface area contributed by atoms with Gasteiger partial charge in [0, 0.05) is 14.1 Å². The van der Waals surface area contributed by atoms with E-state index in [0.717, 1.165) is 5.82 Å². The molecule has 15 heavy (non-hydrogen) atoms. The zero-order chi connectivity index (χ0) is 11.4. The first-order valence-electron chi connectivity index (χ1n) is 4.70. The summed E-state index contributed by atoms with van der Waals surface area (Å²) in [4.78, 5) is 17.3. The molecule has 82 valence electrons. The third-order valence-electron chi connectivity index (χ3n) is 1.89. The van der Waals surface area contributed by atoms with Gasteiger partial charge in [0.2, 0.25) is 5.91 Å². The molecule has 0 aliphatic carbocycles. The minimum Gasteiger partial charge on any atom is -0.363 e. The average Bonchev–Trinajstić information content (AvgIpc) is 2.18. The van der Waals surface area contributed by atoms with Crippen molar-refractivity contribution in [1.29, 1.82) is 0 Å². The molecule has 1 aromatic rings. The molecule has 0 radical (unpaired) electrons. The zero-order valence-corrected chi connectivity index (χ0v) is 9.19. The van der Waals surface area contributed by atoms with Crippen LogP contribution in [0.4, 0.5) is 11.5 Å². The quantitative estimate of drug-likeness (QED) is 0.755. The summed E-state index contributed by atoms with van der Waals surface area (Å²) in [7, 11) is 3.81. The van der Waals surface area contributed by atoms with E-state index in [4.69, 9.17) is 5.73 Å². The van der Waals surface area contributed by atoms with Crippen molar-refractivity contribution in [3.63, 3.8) is 0 Å². The number of nitrogens with zero attached hydrogens (tertiary/aromatic N) is 2. The number of nitrogens with one attached hydrogen (secondary N) is 1. The van der Waals surface area contributed by atoms with Gasteiger partial charge in [-0.05, 0) is 19.1 Å². The molecule has 0 bridgehead atoms. The molecular formula is C10H16N4O. The van der Waals surface area contributed by atoms with Gasteiger partial charge < -0.3 is 16.0 Å². The second-order valence-corrected chi connectivity index (χ2v) is 3.58. The van der Waals surface area contributed by atoms with E-state index in [1.54, 1.807) is 19.2 Å². The highest BCUT2D eigenvalue weighted by atomic mass is 16.2. The van der Waals surface area contributed by atoms with Crippen LogP contribution in [0.25, 0.3) is 0 Å². The molecular weight excluding hydrogens is 192 g/mol. The topological polar surface area (TPSA) is 71.2 Å². The molecule has 1 atom stereocenters. The number of hydrogen-bond donors (Lipinski definition) is 2. The van der Waals surface area contributed by atoms with Gasteiger partial charge >= 0.3 is 0 Å². The van der Waals surface area contributed by atoms with E-state index in [-0.39, 0.29) is 5.91 Å². The van der Waals surface area contributed by atoms with Crippen LogP contribution in [-0.2, 0) is 4.79 Å². The van der Waals surface area contributed by atoms with Gasteiger partial charge in [-0.3, -0.25) is 4.79 Å². The van der Waals surface area contributed by atoms with E-state index in [1.165, 1.54) is 0 Å². The fourth-order valence-corrected chi connectivity index (χ4v) is 0.981. The molecule has 1 rings (SSSR count). The van der Waals surface area contributed by atoms with E-state index < -0.39 is 6.04 Å². The Morgan fingerprint density at radius 1 is 1.53 bits per heavy atom. The molecule has 0 unspecified atom stereocenters. The van der Waals surface area contributed by atoms with E-state index >= 15 is 0 Å². The molecule has 0 fully saturated rings. The Morgan fingerprint density at radius 3 is 2.60 bits per heavy atom. The number of rotatable bonds is 3. The van der Waals surface area contributed by atoms with Crippen LogP contribution < -0.4 is 16.0 Å². The monoisotopic (exact) mass is 208 g/mol. The Balaban J connectivity index is 2.69. The van der Waals surface area contributed by atoms with Gasteiger partial charge in [-0.1, -0.05) is 0 Å². The first kappa shape index (κ1) is 11.5. The molecule has 1 heterocycles. The van der Waals surface area contributed by atoms with Gasteiger partial charge in [0.15, 0.2) is 0 Å². The van der Waals surface area contributed by atoms with Crippen LogP contribution in [0.2, 0.25) is 0 Å². The minimum atomic E-state index is -0.515. The maximum Gasteiger partial charge on any atom is 0.241 e. The number of carbonyl (C=O) groups excluding carboxylic acids is 1. The standard InChI is InChI=1S/C10H16N4O/c1-7(11)10(15)13-8-4-5-9(12-6-8)14(2)3/h4-7H,11H2,1-3H3,(H,13,15)/t7-/m0/s1. The Hall–Kier alpha value is -1.62. The van der Waals surface area contributed by atoms with Crippen molar-refractivity contribution in [2.75, 3.05) is 24.3 Å². The summed E-state index contributed by atoms with van der Waals surface area (Å²) >= 11 is 0. The molecule has 1 aromatic heterocycles. The van der Waals surface area contributed by atoms with Crippen LogP contribution in [0.1, 0.15) is 6.92 Å². The van der Waals surface area contributed by atoms with E-state index in [9.17, 15) is 4.79 Å². The second kappa shape index (κ2) is 4.75. The van der Waals surface area contributed by atoms with Gasteiger partial charge in [0.25, 0.3) is 0 Å². The smallest absolute Gasteiger partial charge is 0.241 e. The van der Waals surface area contributed by atoms with Gasteiger partial charge in [-0.15, -0.1) is 0 Å². The van der Waals surface area contributed by atoms with E-state index in [1.807, 2.05) is 25.1 Å². The summed E-state index contributed by atoms with van der Waals surface area (Å²) in [5.41, 5.74) is 6.08. The van der Waals surface area contributed by atoms with Crippen LogP contribution in [0.15, 0.2) is 18.3 Å². The molecule has 0 aromatic carbocycles. The molecule has 5 heteroatoms. The molecule has 0 saturated carbocycles. The number of pyridine rings is 1. The van der Waals surface area contributed by atoms with Crippen LogP contribution in [0, 0.1) is 0 Å². The first-order chi connectivity index (χ1) is 7.00. The van der Waals surface area contributed by atoms with Crippen LogP contribution in [0.3, 0.4) is 0 Å². The summed E-state index contributed by atoms with van der Waals surface area (Å²) in [5, 5.41) is 2.66. The van der Waals surface area contributed by atoms with Crippen molar-refractivity contribution >= 4 is 17.4 Å². The minimum absolute atomic E-state index is 0.214. The molecule has 0 aliphatic rings. The van der Waals surface area contributed by atoms with Gasteiger partial charge in [0.05, 0.1) is 17.9 Å². The highest BCUT2D eigenvalue weighted by Gasteiger charge is 2.07. The van der Waals surface area contributed by atoms with Crippen molar-refractivity contribution in [3.05, 3.63) is 18.3 Å². The number of carbonyl (C=O) groups is 1. The summed E-state index contributed by atoms with van der Waals surface area (Å²) in [6, 6.07) is 3.11. The Morgan fingerprint density at radius 2 is 2.20 bits per heavy atom. The lowest BCUT2D eigenvalue weighted by Gasteiger charge is -2.12. The third kappa shape index (κ3) is 3.21. The summed E-state index contributed by atoms with van der Waals surface area (Å²) in [6.45, 7) is 1.64. The lowest BCUT2D eigenvalue weighted by Crippen LogP contribution is -2.32. The lowest BCUT2D eigenvalue weighted by atomic mass is 10.3. The van der Waals surface area contributed by atoms with Crippen LogP contribution >= 0.6 is 0 Å². The molecule has 5 nitrogen and oxygen atoms in total.